The molecule has 1 atom stereocenters. The van der Waals surface area contributed by atoms with E-state index in [0.717, 1.165) is 17.8 Å². The first kappa shape index (κ1) is 13.2. The zero-order valence-corrected chi connectivity index (χ0v) is 11.0. The van der Waals surface area contributed by atoms with Crippen LogP contribution >= 0.6 is 11.3 Å². The van der Waals surface area contributed by atoms with Gasteiger partial charge in [0.2, 0.25) is 0 Å². The molecule has 0 spiro atoms. The Balaban J connectivity index is 2.41. The summed E-state index contributed by atoms with van der Waals surface area (Å²) in [6.45, 7) is 4.92. The summed E-state index contributed by atoms with van der Waals surface area (Å²) in [5.41, 5.74) is 5.95. The van der Waals surface area contributed by atoms with Crippen LogP contribution in [0.15, 0.2) is 17.5 Å². The number of thiophene rings is 1. The fourth-order valence-electron chi connectivity index (χ4n) is 1.37. The van der Waals surface area contributed by atoms with Crippen molar-refractivity contribution in [1.82, 2.24) is 4.90 Å². The van der Waals surface area contributed by atoms with Gasteiger partial charge in [-0.05, 0) is 23.8 Å². The van der Waals surface area contributed by atoms with Crippen molar-refractivity contribution in [3.63, 3.8) is 0 Å². The monoisotopic (exact) mass is 240 g/mol. The second-order valence-electron chi connectivity index (χ2n) is 4.40. The van der Waals surface area contributed by atoms with Gasteiger partial charge < -0.3 is 10.6 Å². The summed E-state index contributed by atoms with van der Waals surface area (Å²) >= 11 is 1.48. The van der Waals surface area contributed by atoms with Crippen molar-refractivity contribution in [2.45, 2.75) is 26.3 Å². The van der Waals surface area contributed by atoms with E-state index in [4.69, 9.17) is 5.73 Å². The Morgan fingerprint density at radius 3 is 2.75 bits per heavy atom. The third-order valence-electron chi connectivity index (χ3n) is 2.73. The first-order chi connectivity index (χ1) is 7.52. The number of hydrogen-bond donors (Lipinski definition) is 1. The second-order valence-corrected chi connectivity index (χ2v) is 5.35. The van der Waals surface area contributed by atoms with Crippen molar-refractivity contribution in [2.75, 3.05) is 13.6 Å². The molecule has 1 heterocycles. The average molecular weight is 240 g/mol. The summed E-state index contributed by atoms with van der Waals surface area (Å²) < 4.78 is 0. The molecule has 0 radical (unpaired) electrons. The van der Waals surface area contributed by atoms with Crippen molar-refractivity contribution in [2.24, 2.45) is 11.7 Å². The lowest BCUT2D eigenvalue weighted by molar-refractivity contribution is 0.0794. The van der Waals surface area contributed by atoms with Gasteiger partial charge in [0.1, 0.15) is 0 Å². The molecule has 0 fully saturated rings. The van der Waals surface area contributed by atoms with Crippen LogP contribution < -0.4 is 5.73 Å². The lowest BCUT2D eigenvalue weighted by atomic mass is 10.0. The first-order valence-corrected chi connectivity index (χ1v) is 6.45. The van der Waals surface area contributed by atoms with Gasteiger partial charge in [0.05, 0.1) is 4.88 Å². The van der Waals surface area contributed by atoms with Crippen LogP contribution in [-0.2, 0) is 0 Å². The van der Waals surface area contributed by atoms with Crippen LogP contribution in [0.3, 0.4) is 0 Å². The summed E-state index contributed by atoms with van der Waals surface area (Å²) in [7, 11) is 1.83. The second kappa shape index (κ2) is 6.01. The summed E-state index contributed by atoms with van der Waals surface area (Å²) in [5.74, 6) is 0.552. The molecular formula is C12H20N2OS. The zero-order chi connectivity index (χ0) is 12.1. The van der Waals surface area contributed by atoms with E-state index in [2.05, 4.69) is 13.8 Å². The fourth-order valence-corrected chi connectivity index (χ4v) is 2.08. The maximum atomic E-state index is 11.9. The molecule has 0 aliphatic rings. The van der Waals surface area contributed by atoms with Gasteiger partial charge in [-0.25, -0.2) is 0 Å². The summed E-state index contributed by atoms with van der Waals surface area (Å²) in [6, 6.07) is 3.91. The van der Waals surface area contributed by atoms with Gasteiger partial charge in [0, 0.05) is 19.6 Å². The Bertz CT molecular complexity index is 322. The van der Waals surface area contributed by atoms with Crippen LogP contribution in [0.1, 0.15) is 29.9 Å². The van der Waals surface area contributed by atoms with Gasteiger partial charge >= 0.3 is 0 Å². The topological polar surface area (TPSA) is 46.3 Å². The molecule has 16 heavy (non-hydrogen) atoms. The first-order valence-electron chi connectivity index (χ1n) is 5.57. The predicted molar refractivity (Wildman–Crippen MR) is 68.7 cm³/mol. The Morgan fingerprint density at radius 2 is 2.25 bits per heavy atom. The van der Waals surface area contributed by atoms with E-state index in [-0.39, 0.29) is 11.9 Å². The SMILES string of the molecule is CC(C)C(N)CCN(C)C(=O)c1cccs1. The lowest BCUT2D eigenvalue weighted by Gasteiger charge is -2.21. The van der Waals surface area contributed by atoms with Gasteiger partial charge in [0.15, 0.2) is 0 Å². The largest absolute Gasteiger partial charge is 0.341 e. The van der Waals surface area contributed by atoms with Crippen LogP contribution in [0, 0.1) is 5.92 Å². The molecule has 2 N–H and O–H groups in total. The van der Waals surface area contributed by atoms with E-state index in [0.29, 0.717) is 5.92 Å². The highest BCUT2D eigenvalue weighted by atomic mass is 32.1. The predicted octanol–water partition coefficient (Wildman–Crippen LogP) is 2.19. The quantitative estimate of drug-likeness (QED) is 0.857. The number of amides is 1. The van der Waals surface area contributed by atoms with Crippen LogP contribution in [0.2, 0.25) is 0 Å². The molecule has 4 heteroatoms. The van der Waals surface area contributed by atoms with Crippen LogP contribution in [0.4, 0.5) is 0 Å². The lowest BCUT2D eigenvalue weighted by Crippen LogP contribution is -2.34. The van der Waals surface area contributed by atoms with Gasteiger partial charge in [-0.3, -0.25) is 4.79 Å². The molecule has 0 saturated heterocycles. The minimum absolute atomic E-state index is 0.0888. The molecule has 1 aromatic rings. The number of carbonyl (C=O) groups is 1. The van der Waals surface area contributed by atoms with E-state index in [1.807, 2.05) is 24.6 Å². The Hall–Kier alpha value is -0.870. The average Bonchev–Trinajstić information content (AvgIpc) is 2.77. The van der Waals surface area contributed by atoms with Gasteiger partial charge in [-0.1, -0.05) is 19.9 Å². The molecule has 90 valence electrons. The summed E-state index contributed by atoms with van der Waals surface area (Å²) in [6.07, 6.45) is 0.852. The molecule has 0 aliphatic carbocycles. The smallest absolute Gasteiger partial charge is 0.263 e. The van der Waals surface area contributed by atoms with Crippen molar-refractivity contribution in [1.29, 1.82) is 0 Å². The number of carbonyl (C=O) groups excluding carboxylic acids is 1. The van der Waals surface area contributed by atoms with Crippen molar-refractivity contribution >= 4 is 17.2 Å². The minimum atomic E-state index is 0.0888. The zero-order valence-electron chi connectivity index (χ0n) is 10.1. The van der Waals surface area contributed by atoms with E-state index in [9.17, 15) is 4.79 Å². The Labute approximate surface area is 101 Å². The Kier molecular flexibility index (Phi) is 4.96. The molecule has 0 saturated carbocycles. The normalized spacial score (nSPS) is 12.8. The van der Waals surface area contributed by atoms with E-state index in [1.165, 1.54) is 11.3 Å². The highest BCUT2D eigenvalue weighted by molar-refractivity contribution is 7.12. The van der Waals surface area contributed by atoms with Gasteiger partial charge in [0.25, 0.3) is 5.91 Å². The summed E-state index contributed by atoms with van der Waals surface area (Å²) in [4.78, 5) is 14.4. The molecule has 0 bridgehead atoms. The van der Waals surface area contributed by atoms with Crippen LogP contribution in [0.25, 0.3) is 0 Å². The number of hydrogen-bond acceptors (Lipinski definition) is 3. The fraction of sp³-hybridized carbons (Fsp3) is 0.583. The summed E-state index contributed by atoms with van der Waals surface area (Å²) in [5, 5.41) is 1.92. The number of nitrogens with two attached hydrogens (primary N) is 1. The third-order valence-corrected chi connectivity index (χ3v) is 3.59. The molecule has 1 rings (SSSR count). The van der Waals surface area contributed by atoms with Crippen LogP contribution in [-0.4, -0.2) is 30.4 Å². The van der Waals surface area contributed by atoms with Crippen molar-refractivity contribution < 1.29 is 4.79 Å². The highest BCUT2D eigenvalue weighted by Crippen LogP contribution is 2.12. The number of nitrogens with zero attached hydrogens (tertiary/aromatic N) is 1. The molecule has 0 aromatic carbocycles. The molecule has 1 aromatic heterocycles. The highest BCUT2D eigenvalue weighted by Gasteiger charge is 2.14. The molecular weight excluding hydrogens is 220 g/mol. The minimum Gasteiger partial charge on any atom is -0.341 e. The molecule has 1 unspecified atom stereocenters. The van der Waals surface area contributed by atoms with Crippen molar-refractivity contribution in [3.05, 3.63) is 22.4 Å². The number of rotatable bonds is 5. The van der Waals surface area contributed by atoms with Crippen molar-refractivity contribution in [3.8, 4) is 0 Å². The van der Waals surface area contributed by atoms with Crippen LogP contribution in [0.5, 0.6) is 0 Å². The molecule has 3 nitrogen and oxygen atoms in total. The maximum Gasteiger partial charge on any atom is 0.263 e. The van der Waals surface area contributed by atoms with Gasteiger partial charge in [-0.2, -0.15) is 0 Å². The van der Waals surface area contributed by atoms with Gasteiger partial charge in [-0.15, -0.1) is 11.3 Å². The molecule has 0 aliphatic heterocycles. The molecule has 1 amide bonds. The maximum absolute atomic E-state index is 11.9. The Morgan fingerprint density at radius 1 is 1.56 bits per heavy atom. The van der Waals surface area contributed by atoms with E-state index >= 15 is 0 Å². The third kappa shape index (κ3) is 3.61. The van der Waals surface area contributed by atoms with E-state index < -0.39 is 0 Å². The van der Waals surface area contributed by atoms with E-state index in [1.54, 1.807) is 4.90 Å². The standard InChI is InChI=1S/C12H20N2OS/c1-9(2)10(13)6-7-14(3)12(15)11-5-4-8-16-11/h4-5,8-10H,6-7,13H2,1-3H3.